The summed E-state index contributed by atoms with van der Waals surface area (Å²) in [5.41, 5.74) is 2.41. The predicted octanol–water partition coefficient (Wildman–Crippen LogP) is 2.96. The van der Waals surface area contributed by atoms with Gasteiger partial charge in [0, 0.05) is 18.7 Å². The van der Waals surface area contributed by atoms with Crippen LogP contribution in [0.25, 0.3) is 10.6 Å². The van der Waals surface area contributed by atoms with Gasteiger partial charge in [-0.2, -0.15) is 5.10 Å². The van der Waals surface area contributed by atoms with Crippen molar-refractivity contribution in [3.8, 4) is 10.6 Å². The van der Waals surface area contributed by atoms with E-state index in [1.165, 1.54) is 42.9 Å². The lowest BCUT2D eigenvalue weighted by atomic mass is 10.1. The Morgan fingerprint density at radius 1 is 1.43 bits per heavy atom. The molecule has 3 heterocycles. The van der Waals surface area contributed by atoms with Crippen LogP contribution in [0.4, 0.5) is 0 Å². The van der Waals surface area contributed by atoms with Crippen LogP contribution in [0.5, 0.6) is 0 Å². The highest BCUT2D eigenvalue weighted by Crippen LogP contribution is 2.25. The summed E-state index contributed by atoms with van der Waals surface area (Å²) in [7, 11) is 0. The number of hydrogen-bond donors (Lipinski definition) is 2. The summed E-state index contributed by atoms with van der Waals surface area (Å²) in [5.74, 6) is 0.695. The first-order valence-electron chi connectivity index (χ1n) is 7.82. The topological polar surface area (TPSA) is 44.0 Å². The fraction of sp³-hybridized carbons (Fsp3) is 0.562. The molecule has 1 atom stereocenters. The highest BCUT2D eigenvalue weighted by atomic mass is 32.1. The van der Waals surface area contributed by atoms with Crippen LogP contribution in [0, 0.1) is 5.92 Å². The smallest absolute Gasteiger partial charge is 0.0794 e. The summed E-state index contributed by atoms with van der Waals surface area (Å²) in [6, 6.07) is 4.22. The van der Waals surface area contributed by atoms with Gasteiger partial charge < -0.3 is 10.2 Å². The third-order valence-electron chi connectivity index (χ3n) is 4.06. The summed E-state index contributed by atoms with van der Waals surface area (Å²) in [4.78, 5) is 3.84. The van der Waals surface area contributed by atoms with Crippen molar-refractivity contribution in [2.75, 3.05) is 26.2 Å². The molecule has 1 fully saturated rings. The van der Waals surface area contributed by atoms with Gasteiger partial charge in [-0.15, -0.1) is 11.3 Å². The van der Waals surface area contributed by atoms with E-state index in [2.05, 4.69) is 44.9 Å². The largest absolute Gasteiger partial charge is 0.312 e. The summed E-state index contributed by atoms with van der Waals surface area (Å²) >= 11 is 1.75. The molecule has 5 heteroatoms. The number of nitrogens with zero attached hydrogens (tertiary/aromatic N) is 2. The van der Waals surface area contributed by atoms with Crippen molar-refractivity contribution in [1.29, 1.82) is 0 Å². The van der Waals surface area contributed by atoms with Crippen molar-refractivity contribution in [1.82, 2.24) is 20.4 Å². The first-order chi connectivity index (χ1) is 10.3. The predicted molar refractivity (Wildman–Crippen MR) is 88.4 cm³/mol. The molecular weight excluding hydrogens is 280 g/mol. The molecule has 2 aromatic heterocycles. The fourth-order valence-corrected chi connectivity index (χ4v) is 3.76. The number of aromatic nitrogens is 2. The normalized spacial score (nSPS) is 17.4. The minimum atomic E-state index is 0.695. The minimum absolute atomic E-state index is 0.695. The van der Waals surface area contributed by atoms with E-state index in [1.54, 1.807) is 11.3 Å². The van der Waals surface area contributed by atoms with Crippen LogP contribution < -0.4 is 5.32 Å². The molecule has 1 unspecified atom stereocenters. The van der Waals surface area contributed by atoms with E-state index in [4.69, 9.17) is 0 Å². The van der Waals surface area contributed by atoms with E-state index in [-0.39, 0.29) is 0 Å². The van der Waals surface area contributed by atoms with Gasteiger partial charge in [0.15, 0.2) is 0 Å². The molecule has 0 aromatic carbocycles. The number of nitrogens with one attached hydrogen (secondary N) is 2. The molecule has 0 spiro atoms. The lowest BCUT2D eigenvalue weighted by molar-refractivity contribution is 0.282. The van der Waals surface area contributed by atoms with Crippen molar-refractivity contribution in [2.24, 2.45) is 5.92 Å². The maximum atomic E-state index is 4.19. The van der Waals surface area contributed by atoms with Gasteiger partial charge in [-0.25, -0.2) is 0 Å². The summed E-state index contributed by atoms with van der Waals surface area (Å²) < 4.78 is 0. The first kappa shape index (κ1) is 14.8. The Hall–Kier alpha value is -1.17. The molecule has 21 heavy (non-hydrogen) atoms. The molecule has 114 valence electrons. The van der Waals surface area contributed by atoms with Crippen molar-refractivity contribution in [3.05, 3.63) is 29.3 Å². The molecule has 0 bridgehead atoms. The first-order valence-corrected chi connectivity index (χ1v) is 8.70. The molecule has 3 rings (SSSR count). The van der Waals surface area contributed by atoms with Gasteiger partial charge in [0.25, 0.3) is 0 Å². The number of thiophene rings is 1. The third kappa shape index (κ3) is 3.93. The average molecular weight is 304 g/mol. The van der Waals surface area contributed by atoms with Crippen molar-refractivity contribution in [3.63, 3.8) is 0 Å². The zero-order valence-electron chi connectivity index (χ0n) is 12.6. The fourth-order valence-electron chi connectivity index (χ4n) is 3.00. The highest BCUT2D eigenvalue weighted by molar-refractivity contribution is 7.13. The van der Waals surface area contributed by atoms with Gasteiger partial charge >= 0.3 is 0 Å². The Bertz CT molecular complexity index is 528. The van der Waals surface area contributed by atoms with Crippen LogP contribution >= 0.6 is 11.3 Å². The lowest BCUT2D eigenvalue weighted by Gasteiger charge is -2.20. The maximum absolute atomic E-state index is 4.19. The van der Waals surface area contributed by atoms with E-state index in [0.717, 1.165) is 18.8 Å². The third-order valence-corrected chi connectivity index (χ3v) is 4.95. The molecule has 0 amide bonds. The van der Waals surface area contributed by atoms with Crippen LogP contribution in [0.2, 0.25) is 0 Å². The van der Waals surface area contributed by atoms with Crippen LogP contribution in [-0.2, 0) is 6.54 Å². The van der Waals surface area contributed by atoms with E-state index in [1.807, 2.05) is 6.20 Å². The molecular formula is C16H24N4S. The van der Waals surface area contributed by atoms with Gasteiger partial charge in [0.1, 0.15) is 0 Å². The van der Waals surface area contributed by atoms with Crippen molar-refractivity contribution in [2.45, 2.75) is 26.3 Å². The number of hydrogen-bond acceptors (Lipinski definition) is 4. The summed E-state index contributed by atoms with van der Waals surface area (Å²) in [6.45, 7) is 8.07. The lowest BCUT2D eigenvalue weighted by Crippen LogP contribution is -2.31. The van der Waals surface area contributed by atoms with Crippen molar-refractivity contribution >= 4 is 11.3 Å². The molecule has 1 saturated heterocycles. The molecule has 0 saturated carbocycles. The molecule has 1 aliphatic rings. The monoisotopic (exact) mass is 304 g/mol. The van der Waals surface area contributed by atoms with Crippen LogP contribution in [0.15, 0.2) is 23.7 Å². The highest BCUT2D eigenvalue weighted by Gasteiger charge is 2.14. The second-order valence-corrected chi connectivity index (χ2v) is 6.94. The molecule has 4 nitrogen and oxygen atoms in total. The quantitative estimate of drug-likeness (QED) is 0.826. The minimum Gasteiger partial charge on any atom is -0.312 e. The van der Waals surface area contributed by atoms with Crippen LogP contribution in [0.3, 0.4) is 0 Å². The Morgan fingerprint density at radius 3 is 3.05 bits per heavy atom. The molecule has 0 radical (unpaired) electrons. The SMILES string of the molecule is CC(CNCc1cn[nH]c1-c1cccs1)CN1CCCC1. The Kier molecular flexibility index (Phi) is 5.06. The average Bonchev–Trinajstić information content (AvgIpc) is 3.20. The molecule has 2 N–H and O–H groups in total. The zero-order valence-corrected chi connectivity index (χ0v) is 13.5. The Morgan fingerprint density at radius 2 is 2.29 bits per heavy atom. The summed E-state index contributed by atoms with van der Waals surface area (Å²) in [6.07, 6.45) is 4.69. The Balaban J connectivity index is 1.46. The molecule has 0 aliphatic carbocycles. The summed E-state index contributed by atoms with van der Waals surface area (Å²) in [5, 5.41) is 13.0. The maximum Gasteiger partial charge on any atom is 0.0794 e. The van der Waals surface area contributed by atoms with Gasteiger partial charge in [-0.1, -0.05) is 13.0 Å². The zero-order chi connectivity index (χ0) is 14.5. The van der Waals surface area contributed by atoms with Gasteiger partial charge in [0.05, 0.1) is 16.8 Å². The second-order valence-electron chi connectivity index (χ2n) is 5.99. The van der Waals surface area contributed by atoms with Gasteiger partial charge in [0.2, 0.25) is 0 Å². The molecule has 1 aliphatic heterocycles. The standard InChI is InChI=1S/C16H24N4S/c1-13(12-20-6-2-3-7-20)9-17-10-14-11-18-19-16(14)15-5-4-8-21-15/h4-5,8,11,13,17H,2-3,6-7,9-10,12H2,1H3,(H,18,19). The van der Waals surface area contributed by atoms with Gasteiger partial charge in [-0.05, 0) is 49.8 Å². The number of likely N-dealkylation sites (tertiary alicyclic amines) is 1. The van der Waals surface area contributed by atoms with E-state index in [9.17, 15) is 0 Å². The van der Waals surface area contributed by atoms with Crippen molar-refractivity contribution < 1.29 is 0 Å². The van der Waals surface area contributed by atoms with Crippen LogP contribution in [-0.4, -0.2) is 41.3 Å². The number of aromatic amines is 1. The Labute approximate surface area is 130 Å². The number of H-pyrrole nitrogens is 1. The van der Waals surface area contributed by atoms with E-state index < -0.39 is 0 Å². The second kappa shape index (κ2) is 7.20. The van der Waals surface area contributed by atoms with E-state index >= 15 is 0 Å². The molecule has 2 aromatic rings. The number of rotatable bonds is 7. The van der Waals surface area contributed by atoms with E-state index in [0.29, 0.717) is 5.92 Å². The van der Waals surface area contributed by atoms with Crippen LogP contribution in [0.1, 0.15) is 25.3 Å². The van der Waals surface area contributed by atoms with Gasteiger partial charge in [-0.3, -0.25) is 5.10 Å².